The third-order valence-corrected chi connectivity index (χ3v) is 2.32. The Morgan fingerprint density at radius 2 is 2.24 bits per heavy atom. The van der Waals surface area contributed by atoms with Gasteiger partial charge in [0.2, 0.25) is 0 Å². The number of methoxy groups -OCH3 is 1. The van der Waals surface area contributed by atoms with Crippen molar-refractivity contribution in [1.29, 1.82) is 0 Å². The molecule has 0 radical (unpaired) electrons. The highest BCUT2D eigenvalue weighted by Gasteiger charge is 2.07. The molecule has 5 heteroatoms. The van der Waals surface area contributed by atoms with Gasteiger partial charge in [-0.05, 0) is 31.0 Å². The first-order chi connectivity index (χ1) is 8.15. The van der Waals surface area contributed by atoms with Gasteiger partial charge in [-0.15, -0.1) is 0 Å². The fourth-order valence-electron chi connectivity index (χ4n) is 1.34. The Kier molecular flexibility index (Phi) is 5.42. The standard InChI is InChI=1S/C12H17FN2O2/c1-17-7-3-2-6-15-12(16)9-4-5-11(14)10(13)8-9/h4-5,8H,2-3,6-7,14H2,1H3,(H,15,16). The molecule has 0 aliphatic carbocycles. The van der Waals surface area contributed by atoms with Gasteiger partial charge in [0.25, 0.3) is 5.91 Å². The first kappa shape index (κ1) is 13.4. The van der Waals surface area contributed by atoms with E-state index in [9.17, 15) is 9.18 Å². The van der Waals surface area contributed by atoms with E-state index in [1.165, 1.54) is 12.1 Å². The van der Waals surface area contributed by atoms with Gasteiger partial charge in [0.15, 0.2) is 0 Å². The molecule has 1 aromatic carbocycles. The summed E-state index contributed by atoms with van der Waals surface area (Å²) in [4.78, 5) is 11.6. The third kappa shape index (κ3) is 4.40. The van der Waals surface area contributed by atoms with Crippen molar-refractivity contribution in [2.75, 3.05) is 26.0 Å². The maximum atomic E-state index is 13.1. The molecular formula is C12H17FN2O2. The summed E-state index contributed by atoms with van der Waals surface area (Å²) < 4.78 is 18.0. The lowest BCUT2D eigenvalue weighted by Gasteiger charge is -2.05. The highest BCUT2D eigenvalue weighted by atomic mass is 19.1. The van der Waals surface area contributed by atoms with E-state index >= 15 is 0 Å². The molecule has 0 aliphatic rings. The summed E-state index contributed by atoms with van der Waals surface area (Å²) in [7, 11) is 1.63. The van der Waals surface area contributed by atoms with Crippen LogP contribution in [0.15, 0.2) is 18.2 Å². The Balaban J connectivity index is 2.39. The average Bonchev–Trinajstić information content (AvgIpc) is 2.32. The molecule has 1 amide bonds. The Morgan fingerprint density at radius 3 is 2.88 bits per heavy atom. The number of anilines is 1. The van der Waals surface area contributed by atoms with Crippen LogP contribution in [-0.4, -0.2) is 26.2 Å². The molecule has 0 saturated carbocycles. The molecule has 0 atom stereocenters. The number of nitrogen functional groups attached to an aromatic ring is 1. The maximum absolute atomic E-state index is 13.1. The summed E-state index contributed by atoms with van der Waals surface area (Å²) in [5.41, 5.74) is 5.65. The number of hydrogen-bond acceptors (Lipinski definition) is 3. The second-order valence-corrected chi connectivity index (χ2v) is 3.69. The normalized spacial score (nSPS) is 10.2. The van der Waals surface area contributed by atoms with Crippen LogP contribution in [0.1, 0.15) is 23.2 Å². The molecule has 0 bridgehead atoms. The molecule has 94 valence electrons. The largest absolute Gasteiger partial charge is 0.396 e. The molecule has 0 saturated heterocycles. The number of unbranched alkanes of at least 4 members (excludes halogenated alkanes) is 1. The SMILES string of the molecule is COCCCCNC(=O)c1ccc(N)c(F)c1. The second-order valence-electron chi connectivity index (χ2n) is 3.69. The van der Waals surface area contributed by atoms with Crippen LogP contribution in [0.2, 0.25) is 0 Å². The van der Waals surface area contributed by atoms with Crippen LogP contribution in [0.5, 0.6) is 0 Å². The van der Waals surface area contributed by atoms with E-state index in [-0.39, 0.29) is 17.2 Å². The Morgan fingerprint density at radius 1 is 1.47 bits per heavy atom. The number of carbonyl (C=O) groups is 1. The molecule has 4 nitrogen and oxygen atoms in total. The van der Waals surface area contributed by atoms with Crippen LogP contribution in [0.25, 0.3) is 0 Å². The molecule has 0 aliphatic heterocycles. The number of hydrogen-bond donors (Lipinski definition) is 2. The molecule has 0 spiro atoms. The minimum absolute atomic E-state index is 0.0432. The fraction of sp³-hybridized carbons (Fsp3) is 0.417. The summed E-state index contributed by atoms with van der Waals surface area (Å²) in [6.07, 6.45) is 1.71. The molecule has 0 unspecified atom stereocenters. The molecule has 0 heterocycles. The number of benzene rings is 1. The van der Waals surface area contributed by atoms with Gasteiger partial charge in [0.05, 0.1) is 5.69 Å². The number of amides is 1. The van der Waals surface area contributed by atoms with Gasteiger partial charge < -0.3 is 15.8 Å². The van der Waals surface area contributed by atoms with E-state index in [0.29, 0.717) is 13.2 Å². The zero-order chi connectivity index (χ0) is 12.7. The van der Waals surface area contributed by atoms with Crippen LogP contribution in [0.4, 0.5) is 10.1 Å². The van der Waals surface area contributed by atoms with Gasteiger partial charge in [0, 0.05) is 25.8 Å². The predicted molar refractivity (Wildman–Crippen MR) is 64.3 cm³/mol. The zero-order valence-corrected chi connectivity index (χ0v) is 9.83. The highest BCUT2D eigenvalue weighted by molar-refractivity contribution is 5.94. The van der Waals surface area contributed by atoms with Crippen LogP contribution in [0, 0.1) is 5.82 Å². The van der Waals surface area contributed by atoms with Gasteiger partial charge in [-0.3, -0.25) is 4.79 Å². The highest BCUT2D eigenvalue weighted by Crippen LogP contribution is 2.11. The zero-order valence-electron chi connectivity index (χ0n) is 9.83. The number of halogens is 1. The van der Waals surface area contributed by atoms with E-state index in [1.54, 1.807) is 7.11 Å². The molecule has 3 N–H and O–H groups in total. The van der Waals surface area contributed by atoms with E-state index in [1.807, 2.05) is 0 Å². The van der Waals surface area contributed by atoms with Crippen molar-refractivity contribution in [3.05, 3.63) is 29.6 Å². The van der Waals surface area contributed by atoms with Crippen molar-refractivity contribution >= 4 is 11.6 Å². The van der Waals surface area contributed by atoms with Crippen molar-refractivity contribution in [2.24, 2.45) is 0 Å². The van der Waals surface area contributed by atoms with Crippen molar-refractivity contribution < 1.29 is 13.9 Å². The van der Waals surface area contributed by atoms with E-state index < -0.39 is 5.82 Å². The molecule has 0 fully saturated rings. The summed E-state index contributed by atoms with van der Waals surface area (Å²) in [6, 6.07) is 4.03. The van der Waals surface area contributed by atoms with Crippen molar-refractivity contribution in [3.8, 4) is 0 Å². The van der Waals surface area contributed by atoms with Crippen molar-refractivity contribution in [1.82, 2.24) is 5.32 Å². The van der Waals surface area contributed by atoms with E-state index in [2.05, 4.69) is 5.32 Å². The minimum Gasteiger partial charge on any atom is -0.396 e. The molecule has 1 aromatic rings. The lowest BCUT2D eigenvalue weighted by molar-refractivity contribution is 0.0951. The van der Waals surface area contributed by atoms with Crippen molar-refractivity contribution in [2.45, 2.75) is 12.8 Å². The first-order valence-corrected chi connectivity index (χ1v) is 5.47. The molecule has 1 rings (SSSR count). The van der Waals surface area contributed by atoms with Gasteiger partial charge in [0.1, 0.15) is 5.82 Å². The number of carbonyl (C=O) groups excluding carboxylic acids is 1. The first-order valence-electron chi connectivity index (χ1n) is 5.47. The van der Waals surface area contributed by atoms with Crippen LogP contribution in [-0.2, 0) is 4.74 Å². The fourth-order valence-corrected chi connectivity index (χ4v) is 1.34. The third-order valence-electron chi connectivity index (χ3n) is 2.32. The van der Waals surface area contributed by atoms with E-state index in [4.69, 9.17) is 10.5 Å². The average molecular weight is 240 g/mol. The maximum Gasteiger partial charge on any atom is 0.251 e. The smallest absolute Gasteiger partial charge is 0.251 e. The lowest BCUT2D eigenvalue weighted by Crippen LogP contribution is -2.24. The molecular weight excluding hydrogens is 223 g/mol. The van der Waals surface area contributed by atoms with E-state index in [0.717, 1.165) is 18.9 Å². The lowest BCUT2D eigenvalue weighted by atomic mass is 10.2. The Hall–Kier alpha value is -1.62. The summed E-state index contributed by atoms with van der Waals surface area (Å²) in [5, 5.41) is 2.70. The second kappa shape index (κ2) is 6.85. The number of nitrogens with two attached hydrogens (primary N) is 1. The van der Waals surface area contributed by atoms with Gasteiger partial charge in [-0.25, -0.2) is 4.39 Å². The van der Waals surface area contributed by atoms with Gasteiger partial charge >= 0.3 is 0 Å². The van der Waals surface area contributed by atoms with Gasteiger partial charge in [-0.2, -0.15) is 0 Å². The Bertz CT molecular complexity index is 383. The Labute approximate surface area is 100.0 Å². The summed E-state index contributed by atoms with van der Waals surface area (Å²) in [6.45, 7) is 1.22. The van der Waals surface area contributed by atoms with Crippen LogP contribution >= 0.6 is 0 Å². The molecule has 0 aromatic heterocycles. The summed E-state index contributed by atoms with van der Waals surface area (Å²) >= 11 is 0. The number of ether oxygens (including phenoxy) is 1. The van der Waals surface area contributed by atoms with Crippen molar-refractivity contribution in [3.63, 3.8) is 0 Å². The minimum atomic E-state index is -0.572. The van der Waals surface area contributed by atoms with Gasteiger partial charge in [-0.1, -0.05) is 0 Å². The monoisotopic (exact) mass is 240 g/mol. The van der Waals surface area contributed by atoms with Crippen LogP contribution in [0.3, 0.4) is 0 Å². The summed E-state index contributed by atoms with van der Waals surface area (Å²) in [5.74, 6) is -0.863. The number of nitrogens with one attached hydrogen (secondary N) is 1. The predicted octanol–water partition coefficient (Wildman–Crippen LogP) is 1.56. The molecule has 17 heavy (non-hydrogen) atoms. The number of rotatable bonds is 6. The topological polar surface area (TPSA) is 64.3 Å². The quantitative estimate of drug-likeness (QED) is 0.586. The van der Waals surface area contributed by atoms with Crippen LogP contribution < -0.4 is 11.1 Å².